The average molecular weight is 560 g/mol. The highest BCUT2D eigenvalue weighted by atomic mass is 35.5. The van der Waals surface area contributed by atoms with Crippen LogP contribution in [0, 0.1) is 0 Å². The van der Waals surface area contributed by atoms with Gasteiger partial charge in [-0.05, 0) is 38.6 Å². The van der Waals surface area contributed by atoms with E-state index in [-0.39, 0.29) is 24.2 Å². The standard InChI is InChI=1S/C32H65N3O2.ClH/c1-3-5-7-9-11-12-13-14-15-16-17-18-19-20-22-27-31(36)35-30(26-23-24-28-33)32(37)34-29-25-21-10-8-6-4-2;/h30H,3-29,33H2,1-2H3,(H,34,37)(H,35,36);1H/t30-;/m0./s1. The van der Waals surface area contributed by atoms with Crippen molar-refractivity contribution in [3.63, 3.8) is 0 Å². The van der Waals surface area contributed by atoms with Gasteiger partial charge in [-0.25, -0.2) is 0 Å². The molecule has 4 N–H and O–H groups in total. The van der Waals surface area contributed by atoms with Crippen molar-refractivity contribution < 1.29 is 9.59 Å². The Bertz CT molecular complexity index is 505. The molecule has 0 saturated heterocycles. The largest absolute Gasteiger partial charge is 0.354 e. The number of carbonyl (C=O) groups excluding carboxylic acids is 2. The van der Waals surface area contributed by atoms with Gasteiger partial charge in [0.2, 0.25) is 11.8 Å². The molecule has 0 fully saturated rings. The number of nitrogens with one attached hydrogen (secondary N) is 2. The molecule has 38 heavy (non-hydrogen) atoms. The Labute approximate surface area is 243 Å². The van der Waals surface area contributed by atoms with Crippen LogP contribution in [0.3, 0.4) is 0 Å². The van der Waals surface area contributed by atoms with Crippen molar-refractivity contribution in [2.24, 2.45) is 5.73 Å². The summed E-state index contributed by atoms with van der Waals surface area (Å²) in [5.41, 5.74) is 5.62. The third-order valence-corrected chi connectivity index (χ3v) is 7.44. The fourth-order valence-corrected chi connectivity index (χ4v) is 4.93. The number of carbonyl (C=O) groups is 2. The van der Waals surface area contributed by atoms with Gasteiger partial charge >= 0.3 is 0 Å². The predicted octanol–water partition coefficient (Wildman–Crippen LogP) is 8.76. The number of nitrogens with two attached hydrogens (primary N) is 1. The van der Waals surface area contributed by atoms with E-state index < -0.39 is 6.04 Å². The third kappa shape index (κ3) is 28.2. The lowest BCUT2D eigenvalue weighted by Gasteiger charge is -2.18. The van der Waals surface area contributed by atoms with Crippen LogP contribution in [0.15, 0.2) is 0 Å². The molecule has 0 spiro atoms. The number of halogens is 1. The van der Waals surface area contributed by atoms with E-state index in [4.69, 9.17) is 5.73 Å². The number of hydrogen-bond acceptors (Lipinski definition) is 3. The van der Waals surface area contributed by atoms with Crippen molar-refractivity contribution in [2.75, 3.05) is 13.1 Å². The van der Waals surface area contributed by atoms with E-state index in [1.807, 2.05) is 0 Å². The van der Waals surface area contributed by atoms with Gasteiger partial charge in [0.25, 0.3) is 0 Å². The van der Waals surface area contributed by atoms with Gasteiger partial charge in [0.1, 0.15) is 6.04 Å². The van der Waals surface area contributed by atoms with Crippen LogP contribution in [-0.4, -0.2) is 30.9 Å². The Morgan fingerprint density at radius 1 is 0.579 bits per heavy atom. The van der Waals surface area contributed by atoms with E-state index in [0.29, 0.717) is 25.9 Å². The van der Waals surface area contributed by atoms with Crippen LogP contribution >= 0.6 is 12.4 Å². The first-order valence-electron chi connectivity index (χ1n) is 16.4. The molecule has 0 aliphatic heterocycles. The lowest BCUT2D eigenvalue weighted by atomic mass is 10.0. The lowest BCUT2D eigenvalue weighted by Crippen LogP contribution is -2.47. The first-order valence-corrected chi connectivity index (χ1v) is 16.4. The first-order chi connectivity index (χ1) is 18.2. The molecule has 0 rings (SSSR count). The van der Waals surface area contributed by atoms with Crippen LogP contribution in [0.25, 0.3) is 0 Å². The molecule has 2 amide bonds. The fraction of sp³-hybridized carbons (Fsp3) is 0.938. The van der Waals surface area contributed by atoms with Gasteiger partial charge in [0.15, 0.2) is 0 Å². The van der Waals surface area contributed by atoms with Gasteiger partial charge in [-0.3, -0.25) is 9.59 Å². The molecule has 0 aliphatic carbocycles. The predicted molar refractivity (Wildman–Crippen MR) is 168 cm³/mol. The maximum atomic E-state index is 12.7. The molecule has 5 nitrogen and oxygen atoms in total. The molecular weight excluding hydrogens is 494 g/mol. The molecule has 0 aromatic heterocycles. The summed E-state index contributed by atoms with van der Waals surface area (Å²) in [6.07, 6.45) is 30.0. The molecule has 0 bridgehead atoms. The van der Waals surface area contributed by atoms with Gasteiger partial charge in [-0.1, -0.05) is 136 Å². The van der Waals surface area contributed by atoms with Gasteiger partial charge in [-0.15, -0.1) is 12.4 Å². The van der Waals surface area contributed by atoms with Crippen molar-refractivity contribution in [3.05, 3.63) is 0 Å². The van der Waals surface area contributed by atoms with Gasteiger partial charge in [0.05, 0.1) is 0 Å². The normalized spacial score (nSPS) is 11.7. The van der Waals surface area contributed by atoms with Crippen molar-refractivity contribution in [2.45, 2.75) is 180 Å². The van der Waals surface area contributed by atoms with Crippen molar-refractivity contribution in [3.8, 4) is 0 Å². The molecule has 1 atom stereocenters. The number of rotatable bonds is 29. The Morgan fingerprint density at radius 2 is 1.00 bits per heavy atom. The molecule has 6 heteroatoms. The van der Waals surface area contributed by atoms with Crippen LogP contribution in [0.4, 0.5) is 0 Å². The lowest BCUT2D eigenvalue weighted by molar-refractivity contribution is -0.129. The zero-order valence-corrected chi connectivity index (χ0v) is 26.3. The highest BCUT2D eigenvalue weighted by molar-refractivity contribution is 5.87. The first kappa shape index (κ1) is 39.3. The quantitative estimate of drug-likeness (QED) is 0.0800. The summed E-state index contributed by atoms with van der Waals surface area (Å²) in [5, 5.41) is 6.05. The Balaban J connectivity index is 0. The number of amides is 2. The second-order valence-corrected chi connectivity index (χ2v) is 11.2. The number of unbranched alkanes of at least 4 members (excludes halogenated alkanes) is 20. The molecule has 228 valence electrons. The highest BCUT2D eigenvalue weighted by Crippen LogP contribution is 2.14. The summed E-state index contributed by atoms with van der Waals surface area (Å²) in [6, 6.07) is -0.421. The Hall–Kier alpha value is -0.810. The molecule has 0 aromatic rings. The third-order valence-electron chi connectivity index (χ3n) is 7.44. The van der Waals surface area contributed by atoms with E-state index in [9.17, 15) is 9.59 Å². The second-order valence-electron chi connectivity index (χ2n) is 11.2. The smallest absolute Gasteiger partial charge is 0.242 e. The van der Waals surface area contributed by atoms with Crippen LogP contribution in [0.2, 0.25) is 0 Å². The summed E-state index contributed by atoms with van der Waals surface area (Å²) in [6.45, 7) is 5.82. The Kier molecular flexibility index (Phi) is 33.5. The fourth-order valence-electron chi connectivity index (χ4n) is 4.93. The monoisotopic (exact) mass is 559 g/mol. The average Bonchev–Trinajstić information content (AvgIpc) is 2.89. The van der Waals surface area contributed by atoms with Crippen molar-refractivity contribution in [1.82, 2.24) is 10.6 Å². The summed E-state index contributed by atoms with van der Waals surface area (Å²) in [7, 11) is 0. The maximum Gasteiger partial charge on any atom is 0.242 e. The molecule has 0 aromatic carbocycles. The minimum absolute atomic E-state index is 0. The molecular formula is C32H66ClN3O2. The molecule has 0 saturated carbocycles. The SMILES string of the molecule is CCCCCCCCCCCCCCCCCC(=O)N[C@@H](CCCCN)C(=O)NCCCCCCCC.Cl. The van der Waals surface area contributed by atoms with Crippen molar-refractivity contribution >= 4 is 24.2 Å². The van der Waals surface area contributed by atoms with E-state index in [1.54, 1.807) is 0 Å². The van der Waals surface area contributed by atoms with Crippen LogP contribution in [0.1, 0.15) is 174 Å². The maximum absolute atomic E-state index is 12.7. The van der Waals surface area contributed by atoms with Crippen LogP contribution in [-0.2, 0) is 9.59 Å². The van der Waals surface area contributed by atoms with E-state index in [0.717, 1.165) is 38.5 Å². The van der Waals surface area contributed by atoms with E-state index >= 15 is 0 Å². The summed E-state index contributed by atoms with van der Waals surface area (Å²) < 4.78 is 0. The van der Waals surface area contributed by atoms with Gasteiger partial charge < -0.3 is 16.4 Å². The Morgan fingerprint density at radius 3 is 1.45 bits per heavy atom. The molecule has 0 heterocycles. The zero-order chi connectivity index (χ0) is 27.2. The number of hydrogen-bond donors (Lipinski definition) is 3. The van der Waals surface area contributed by atoms with Crippen LogP contribution < -0.4 is 16.4 Å². The summed E-state index contributed by atoms with van der Waals surface area (Å²) >= 11 is 0. The van der Waals surface area contributed by atoms with Crippen LogP contribution in [0.5, 0.6) is 0 Å². The summed E-state index contributed by atoms with van der Waals surface area (Å²) in [5.74, 6) is -0.0161. The summed E-state index contributed by atoms with van der Waals surface area (Å²) in [4.78, 5) is 25.1. The molecule has 0 unspecified atom stereocenters. The molecule has 0 aliphatic rings. The zero-order valence-electron chi connectivity index (χ0n) is 25.5. The van der Waals surface area contributed by atoms with Crippen molar-refractivity contribution in [1.29, 1.82) is 0 Å². The van der Waals surface area contributed by atoms with Gasteiger partial charge in [0, 0.05) is 13.0 Å². The minimum Gasteiger partial charge on any atom is -0.354 e. The van der Waals surface area contributed by atoms with E-state index in [2.05, 4.69) is 24.5 Å². The van der Waals surface area contributed by atoms with Gasteiger partial charge in [-0.2, -0.15) is 0 Å². The van der Waals surface area contributed by atoms with E-state index in [1.165, 1.54) is 109 Å². The highest BCUT2D eigenvalue weighted by Gasteiger charge is 2.19. The minimum atomic E-state index is -0.421. The molecule has 0 radical (unpaired) electrons. The second kappa shape index (κ2) is 32.4. The topological polar surface area (TPSA) is 84.2 Å².